The molecule has 132 valence electrons. The topological polar surface area (TPSA) is 83.4 Å². The second-order valence-electron chi connectivity index (χ2n) is 6.63. The van der Waals surface area contributed by atoms with Crippen LogP contribution >= 0.6 is 11.8 Å². The molecular formula is C16H25N5O2S. The van der Waals surface area contributed by atoms with Crippen molar-refractivity contribution >= 4 is 23.4 Å². The molecule has 0 aliphatic heterocycles. The Hall–Kier alpha value is -1.83. The summed E-state index contributed by atoms with van der Waals surface area (Å²) in [6.45, 7) is 12.1. The first-order chi connectivity index (χ1) is 11.2. The van der Waals surface area contributed by atoms with Crippen molar-refractivity contribution in [2.24, 2.45) is 0 Å². The molecular weight excluding hydrogens is 326 g/mol. The highest BCUT2D eigenvalue weighted by Gasteiger charge is 2.21. The van der Waals surface area contributed by atoms with Crippen molar-refractivity contribution < 1.29 is 4.79 Å². The molecule has 0 saturated carbocycles. The zero-order valence-electron chi connectivity index (χ0n) is 15.0. The van der Waals surface area contributed by atoms with E-state index in [1.54, 1.807) is 6.07 Å². The van der Waals surface area contributed by atoms with Gasteiger partial charge in [-0.25, -0.2) is 0 Å². The number of H-pyrrole nitrogens is 1. The van der Waals surface area contributed by atoms with E-state index in [0.717, 1.165) is 5.69 Å². The van der Waals surface area contributed by atoms with Crippen molar-refractivity contribution in [3.05, 3.63) is 22.1 Å². The Bertz CT molecular complexity index is 770. The number of nitrogens with zero attached hydrogens (tertiary/aromatic N) is 4. The fourth-order valence-electron chi connectivity index (χ4n) is 2.82. The van der Waals surface area contributed by atoms with Crippen LogP contribution in [-0.2, 0) is 4.79 Å². The third-order valence-electron chi connectivity index (χ3n) is 3.72. The number of fused-ring (bicyclic) bond motifs is 1. The second-order valence-corrected chi connectivity index (χ2v) is 7.57. The zero-order valence-corrected chi connectivity index (χ0v) is 15.8. The Morgan fingerprint density at radius 2 is 1.83 bits per heavy atom. The van der Waals surface area contributed by atoms with E-state index in [2.05, 4.69) is 15.2 Å². The number of carbonyl (C=O) groups excluding carboxylic acids is 1. The molecule has 7 nitrogen and oxygen atoms in total. The summed E-state index contributed by atoms with van der Waals surface area (Å²) in [6, 6.07) is 1.85. The van der Waals surface area contributed by atoms with Gasteiger partial charge in [0.05, 0.1) is 5.75 Å². The minimum absolute atomic E-state index is 0.0669. The molecule has 0 saturated heterocycles. The first kappa shape index (κ1) is 18.5. The maximum Gasteiger partial charge on any atom is 0.252 e. The van der Waals surface area contributed by atoms with E-state index in [9.17, 15) is 9.59 Å². The van der Waals surface area contributed by atoms with Gasteiger partial charge in [0.25, 0.3) is 5.56 Å². The lowest BCUT2D eigenvalue weighted by Gasteiger charge is -2.30. The van der Waals surface area contributed by atoms with Crippen molar-refractivity contribution in [3.8, 4) is 0 Å². The molecule has 0 atom stereocenters. The van der Waals surface area contributed by atoms with Gasteiger partial charge < -0.3 is 4.90 Å². The lowest BCUT2D eigenvalue weighted by molar-refractivity contribution is -0.131. The third-order valence-corrected chi connectivity index (χ3v) is 4.64. The van der Waals surface area contributed by atoms with Gasteiger partial charge in [-0.2, -0.15) is 0 Å². The molecule has 8 heteroatoms. The Balaban J connectivity index is 2.28. The van der Waals surface area contributed by atoms with Crippen LogP contribution in [0.15, 0.2) is 16.0 Å². The van der Waals surface area contributed by atoms with Crippen molar-refractivity contribution in [1.82, 2.24) is 24.5 Å². The molecule has 0 fully saturated rings. The van der Waals surface area contributed by atoms with Gasteiger partial charge in [-0.1, -0.05) is 25.6 Å². The van der Waals surface area contributed by atoms with E-state index in [-0.39, 0.29) is 35.2 Å². The smallest absolute Gasteiger partial charge is 0.252 e. The van der Waals surface area contributed by atoms with Gasteiger partial charge in [0.2, 0.25) is 11.7 Å². The first-order valence-corrected chi connectivity index (χ1v) is 9.13. The van der Waals surface area contributed by atoms with Gasteiger partial charge in [-0.3, -0.25) is 19.0 Å². The number of rotatable bonds is 6. The predicted molar refractivity (Wildman–Crippen MR) is 95.5 cm³/mol. The summed E-state index contributed by atoms with van der Waals surface area (Å²) in [5, 5.41) is 8.78. The molecule has 0 aromatic carbocycles. The van der Waals surface area contributed by atoms with Gasteiger partial charge in [0, 0.05) is 23.8 Å². The summed E-state index contributed by atoms with van der Waals surface area (Å²) in [7, 11) is 0. The number of aromatic amines is 1. The Morgan fingerprint density at radius 1 is 1.21 bits per heavy atom. The Labute approximate surface area is 145 Å². The largest absolute Gasteiger partial charge is 0.337 e. The van der Waals surface area contributed by atoms with Crippen molar-refractivity contribution in [1.29, 1.82) is 0 Å². The fourth-order valence-corrected chi connectivity index (χ4v) is 3.64. The number of hydrogen-bond donors (Lipinski definition) is 1. The normalized spacial score (nSPS) is 11.9. The molecule has 0 aliphatic rings. The number of aromatic nitrogens is 4. The summed E-state index contributed by atoms with van der Waals surface area (Å²) in [6.07, 6.45) is 0. The van der Waals surface area contributed by atoms with Gasteiger partial charge in [-0.15, -0.1) is 10.2 Å². The maximum absolute atomic E-state index is 12.5. The quantitative estimate of drug-likeness (QED) is 0.807. The van der Waals surface area contributed by atoms with Crippen LogP contribution < -0.4 is 5.56 Å². The molecule has 2 heterocycles. The van der Waals surface area contributed by atoms with E-state index in [1.807, 2.05) is 50.8 Å². The fraction of sp³-hybridized carbons (Fsp3) is 0.625. The van der Waals surface area contributed by atoms with Crippen LogP contribution in [0.2, 0.25) is 0 Å². The number of carbonyl (C=O) groups is 1. The van der Waals surface area contributed by atoms with Crippen LogP contribution in [0.1, 0.15) is 53.2 Å². The summed E-state index contributed by atoms with van der Waals surface area (Å²) < 4.78 is 1.82. The molecule has 0 spiro atoms. The number of hydrogen-bond acceptors (Lipinski definition) is 5. The van der Waals surface area contributed by atoms with Crippen LogP contribution in [-0.4, -0.2) is 48.2 Å². The second kappa shape index (κ2) is 7.38. The Morgan fingerprint density at radius 3 is 2.38 bits per heavy atom. The summed E-state index contributed by atoms with van der Waals surface area (Å²) in [5.74, 6) is 0.903. The molecule has 0 aliphatic carbocycles. The molecule has 0 unspecified atom stereocenters. The van der Waals surface area contributed by atoms with Crippen molar-refractivity contribution in [2.45, 2.75) is 64.7 Å². The summed E-state index contributed by atoms with van der Waals surface area (Å²) >= 11 is 1.34. The highest BCUT2D eigenvalue weighted by Crippen LogP contribution is 2.22. The standard InChI is InChI=1S/C16H25N5O2S/c1-9(2)12-7-13(22)17-15-18-19-16(21(12)15)24-8-14(23)20(10(3)4)11(5)6/h7,9-11H,8H2,1-6H3,(H,17,18,22). The van der Waals surface area contributed by atoms with Crippen LogP contribution in [0, 0.1) is 0 Å². The van der Waals surface area contributed by atoms with E-state index < -0.39 is 0 Å². The highest BCUT2D eigenvalue weighted by molar-refractivity contribution is 7.99. The molecule has 2 aromatic rings. The van der Waals surface area contributed by atoms with Gasteiger partial charge in [-0.05, 0) is 33.6 Å². The highest BCUT2D eigenvalue weighted by atomic mass is 32.2. The third kappa shape index (κ3) is 3.80. The number of amides is 1. The van der Waals surface area contributed by atoms with Crippen LogP contribution in [0.5, 0.6) is 0 Å². The lowest BCUT2D eigenvalue weighted by atomic mass is 10.1. The molecule has 2 aromatic heterocycles. The van der Waals surface area contributed by atoms with Crippen molar-refractivity contribution in [3.63, 3.8) is 0 Å². The molecule has 0 radical (unpaired) electrons. The number of nitrogens with one attached hydrogen (secondary N) is 1. The van der Waals surface area contributed by atoms with Crippen LogP contribution in [0.3, 0.4) is 0 Å². The minimum atomic E-state index is -0.197. The lowest BCUT2D eigenvalue weighted by Crippen LogP contribution is -2.43. The van der Waals surface area contributed by atoms with E-state index >= 15 is 0 Å². The van der Waals surface area contributed by atoms with Gasteiger partial charge >= 0.3 is 0 Å². The molecule has 0 bridgehead atoms. The molecule has 24 heavy (non-hydrogen) atoms. The molecule has 1 N–H and O–H groups in total. The van der Waals surface area contributed by atoms with Crippen molar-refractivity contribution in [2.75, 3.05) is 5.75 Å². The molecule has 2 rings (SSSR count). The van der Waals surface area contributed by atoms with E-state index in [0.29, 0.717) is 10.9 Å². The average Bonchev–Trinajstić information content (AvgIpc) is 2.86. The zero-order chi connectivity index (χ0) is 18.0. The molecule has 1 amide bonds. The van der Waals surface area contributed by atoms with Crippen LogP contribution in [0.25, 0.3) is 5.78 Å². The SMILES string of the molecule is CC(C)c1cc(=O)[nH]c2nnc(SCC(=O)N(C(C)C)C(C)C)n12. The predicted octanol–water partition coefficient (Wildman–Crippen LogP) is 2.28. The first-order valence-electron chi connectivity index (χ1n) is 8.14. The van der Waals surface area contributed by atoms with E-state index in [1.165, 1.54) is 11.8 Å². The average molecular weight is 351 g/mol. The summed E-state index contributed by atoms with van der Waals surface area (Å²) in [5.41, 5.74) is 0.635. The number of thioether (sulfide) groups is 1. The summed E-state index contributed by atoms with van der Waals surface area (Å²) in [4.78, 5) is 28.8. The van der Waals surface area contributed by atoms with Crippen LogP contribution in [0.4, 0.5) is 0 Å². The van der Waals surface area contributed by atoms with Gasteiger partial charge in [0.15, 0.2) is 5.16 Å². The minimum Gasteiger partial charge on any atom is -0.337 e. The Kier molecular flexibility index (Phi) is 5.69. The van der Waals surface area contributed by atoms with E-state index in [4.69, 9.17) is 0 Å². The maximum atomic E-state index is 12.5. The van der Waals surface area contributed by atoms with Gasteiger partial charge in [0.1, 0.15) is 0 Å². The monoisotopic (exact) mass is 351 g/mol.